The maximum atomic E-state index is 12.8. The molecule has 0 heterocycles. The number of hydrogen-bond donors (Lipinski definition) is 0. The van der Waals surface area contributed by atoms with E-state index in [-0.39, 0.29) is 12.7 Å². The zero-order chi connectivity index (χ0) is 15.9. The zero-order valence-electron chi connectivity index (χ0n) is 11.2. The summed E-state index contributed by atoms with van der Waals surface area (Å²) in [6.45, 7) is 1.38. The predicted octanol–water partition coefficient (Wildman–Crippen LogP) is 3.32. The molecule has 0 aromatic heterocycles. The lowest BCUT2D eigenvalue weighted by molar-refractivity contribution is -0.139. The molecule has 112 valence electrons. The van der Waals surface area contributed by atoms with Crippen LogP contribution in [0.1, 0.15) is 12.5 Å². The Morgan fingerprint density at radius 3 is 2.33 bits per heavy atom. The minimum atomic E-state index is -4.93. The van der Waals surface area contributed by atoms with Crippen LogP contribution in [0.15, 0.2) is 48.1 Å². The van der Waals surface area contributed by atoms with Gasteiger partial charge in [-0.05, 0) is 18.6 Å². The SMILES string of the molecule is CCOC(=O)/C=C(\C(=O)/C=C/c1ccccc1)C(F)(F)F. The van der Waals surface area contributed by atoms with Crippen LogP contribution in [-0.2, 0) is 14.3 Å². The van der Waals surface area contributed by atoms with Gasteiger partial charge in [-0.25, -0.2) is 4.79 Å². The van der Waals surface area contributed by atoms with Gasteiger partial charge in [0.1, 0.15) is 5.57 Å². The molecule has 0 aliphatic rings. The summed E-state index contributed by atoms with van der Waals surface area (Å²) >= 11 is 0. The van der Waals surface area contributed by atoms with Gasteiger partial charge in [-0.3, -0.25) is 4.79 Å². The number of allylic oxidation sites excluding steroid dienone is 2. The van der Waals surface area contributed by atoms with Gasteiger partial charge in [0.2, 0.25) is 0 Å². The van der Waals surface area contributed by atoms with Crippen LogP contribution >= 0.6 is 0 Å². The lowest BCUT2D eigenvalue weighted by atomic mass is 10.1. The second-order valence-corrected chi connectivity index (χ2v) is 3.92. The Morgan fingerprint density at radius 1 is 1.19 bits per heavy atom. The van der Waals surface area contributed by atoms with Crippen molar-refractivity contribution in [3.63, 3.8) is 0 Å². The van der Waals surface area contributed by atoms with E-state index < -0.39 is 23.5 Å². The van der Waals surface area contributed by atoms with E-state index in [4.69, 9.17) is 0 Å². The summed E-state index contributed by atoms with van der Waals surface area (Å²) in [5, 5.41) is 0. The first-order valence-corrected chi connectivity index (χ1v) is 6.07. The standard InChI is InChI=1S/C15H13F3O3/c1-2-21-14(20)10-12(15(16,17)18)13(19)9-8-11-6-4-3-5-7-11/h3-10H,2H2,1H3/b9-8+,12-10+. The van der Waals surface area contributed by atoms with Crippen molar-refractivity contribution >= 4 is 17.8 Å². The molecule has 1 rings (SSSR count). The third kappa shape index (κ3) is 5.64. The molecule has 0 N–H and O–H groups in total. The molecule has 0 amide bonds. The Labute approximate surface area is 119 Å². The molecule has 0 unspecified atom stereocenters. The van der Waals surface area contributed by atoms with Crippen LogP contribution in [0.2, 0.25) is 0 Å². The number of carbonyl (C=O) groups excluding carboxylic acids is 2. The van der Waals surface area contributed by atoms with Gasteiger partial charge in [-0.15, -0.1) is 0 Å². The van der Waals surface area contributed by atoms with Crippen LogP contribution < -0.4 is 0 Å². The Morgan fingerprint density at radius 2 is 1.81 bits per heavy atom. The number of ketones is 1. The van der Waals surface area contributed by atoms with Crippen LogP contribution in [0.5, 0.6) is 0 Å². The minimum absolute atomic E-state index is 0.0749. The average molecular weight is 298 g/mol. The van der Waals surface area contributed by atoms with Crippen molar-refractivity contribution < 1.29 is 27.5 Å². The number of alkyl halides is 3. The van der Waals surface area contributed by atoms with Gasteiger partial charge in [-0.2, -0.15) is 13.2 Å². The highest BCUT2D eigenvalue weighted by Gasteiger charge is 2.38. The summed E-state index contributed by atoms with van der Waals surface area (Å²) in [6, 6.07) is 8.37. The molecule has 0 aliphatic heterocycles. The molecule has 0 spiro atoms. The number of benzene rings is 1. The van der Waals surface area contributed by atoms with Crippen molar-refractivity contribution in [1.29, 1.82) is 0 Å². The topological polar surface area (TPSA) is 43.4 Å². The van der Waals surface area contributed by atoms with Crippen LogP contribution in [0, 0.1) is 0 Å². The molecule has 1 aromatic carbocycles. The van der Waals surface area contributed by atoms with E-state index in [9.17, 15) is 22.8 Å². The van der Waals surface area contributed by atoms with E-state index in [2.05, 4.69) is 4.74 Å². The molecule has 21 heavy (non-hydrogen) atoms. The smallest absolute Gasteiger partial charge is 0.420 e. The van der Waals surface area contributed by atoms with Crippen LogP contribution in [0.3, 0.4) is 0 Å². The van der Waals surface area contributed by atoms with Crippen molar-refractivity contribution in [1.82, 2.24) is 0 Å². The first-order chi connectivity index (χ1) is 9.84. The molecule has 3 nitrogen and oxygen atoms in total. The fourth-order valence-corrected chi connectivity index (χ4v) is 1.42. The third-order valence-corrected chi connectivity index (χ3v) is 2.35. The van der Waals surface area contributed by atoms with Gasteiger partial charge >= 0.3 is 12.1 Å². The van der Waals surface area contributed by atoms with Crippen molar-refractivity contribution in [3.05, 3.63) is 53.6 Å². The van der Waals surface area contributed by atoms with Crippen molar-refractivity contribution in [2.45, 2.75) is 13.1 Å². The largest absolute Gasteiger partial charge is 0.463 e. The van der Waals surface area contributed by atoms with Crippen LogP contribution in [0.25, 0.3) is 6.08 Å². The van der Waals surface area contributed by atoms with Crippen LogP contribution in [0.4, 0.5) is 13.2 Å². The van der Waals surface area contributed by atoms with E-state index in [1.807, 2.05) is 0 Å². The number of halogens is 3. The summed E-state index contributed by atoms with van der Waals surface area (Å²) in [6.07, 6.45) is -2.74. The molecule has 6 heteroatoms. The summed E-state index contributed by atoms with van der Waals surface area (Å²) in [4.78, 5) is 22.7. The van der Waals surface area contributed by atoms with Crippen molar-refractivity contribution in [2.24, 2.45) is 0 Å². The maximum Gasteiger partial charge on any atom is 0.420 e. The third-order valence-electron chi connectivity index (χ3n) is 2.35. The number of rotatable bonds is 5. The fraction of sp³-hybridized carbons (Fsp3) is 0.200. The Kier molecular flexibility index (Phi) is 5.90. The highest BCUT2D eigenvalue weighted by atomic mass is 19.4. The molecule has 0 saturated heterocycles. The molecule has 0 aliphatic carbocycles. The Bertz CT molecular complexity index is 557. The van der Waals surface area contributed by atoms with E-state index >= 15 is 0 Å². The molecular formula is C15H13F3O3. The molecule has 0 saturated carbocycles. The number of hydrogen-bond acceptors (Lipinski definition) is 3. The minimum Gasteiger partial charge on any atom is -0.463 e. The monoisotopic (exact) mass is 298 g/mol. The van der Waals surface area contributed by atoms with Crippen molar-refractivity contribution in [3.8, 4) is 0 Å². The summed E-state index contributed by atoms with van der Waals surface area (Å²) in [5.74, 6) is -2.51. The second kappa shape index (κ2) is 7.42. The number of carbonyl (C=O) groups is 2. The van der Waals surface area contributed by atoms with Gasteiger partial charge in [0.15, 0.2) is 5.78 Å². The van der Waals surface area contributed by atoms with Gasteiger partial charge in [0, 0.05) is 6.08 Å². The fourth-order valence-electron chi connectivity index (χ4n) is 1.42. The Hall–Kier alpha value is -2.37. The van der Waals surface area contributed by atoms with Crippen molar-refractivity contribution in [2.75, 3.05) is 6.61 Å². The number of esters is 1. The normalized spacial score (nSPS) is 12.5. The van der Waals surface area contributed by atoms with Crippen LogP contribution in [-0.4, -0.2) is 24.5 Å². The average Bonchev–Trinajstić information content (AvgIpc) is 2.42. The quantitative estimate of drug-likeness (QED) is 0.618. The molecule has 0 atom stereocenters. The molecule has 0 radical (unpaired) electrons. The molecular weight excluding hydrogens is 285 g/mol. The van der Waals surface area contributed by atoms with Gasteiger partial charge in [0.05, 0.1) is 6.61 Å². The highest BCUT2D eigenvalue weighted by molar-refractivity contribution is 6.10. The maximum absolute atomic E-state index is 12.8. The second-order valence-electron chi connectivity index (χ2n) is 3.92. The Balaban J connectivity index is 2.97. The van der Waals surface area contributed by atoms with Gasteiger partial charge in [-0.1, -0.05) is 36.4 Å². The lowest BCUT2D eigenvalue weighted by Crippen LogP contribution is -2.20. The summed E-state index contributed by atoms with van der Waals surface area (Å²) in [7, 11) is 0. The van der Waals surface area contributed by atoms with Gasteiger partial charge < -0.3 is 4.74 Å². The first-order valence-electron chi connectivity index (χ1n) is 6.07. The van der Waals surface area contributed by atoms with E-state index in [1.54, 1.807) is 30.3 Å². The number of ether oxygens (including phenoxy) is 1. The van der Waals surface area contributed by atoms with E-state index in [1.165, 1.54) is 13.0 Å². The lowest BCUT2D eigenvalue weighted by Gasteiger charge is -2.08. The van der Waals surface area contributed by atoms with E-state index in [0.717, 1.165) is 6.08 Å². The summed E-state index contributed by atoms with van der Waals surface area (Å²) in [5.41, 5.74) is -0.989. The van der Waals surface area contributed by atoms with E-state index in [0.29, 0.717) is 5.56 Å². The highest BCUT2D eigenvalue weighted by Crippen LogP contribution is 2.27. The molecule has 0 fully saturated rings. The molecule has 0 bridgehead atoms. The first kappa shape index (κ1) is 16.7. The summed E-state index contributed by atoms with van der Waals surface area (Å²) < 4.78 is 42.7. The molecule has 1 aromatic rings. The predicted molar refractivity (Wildman–Crippen MR) is 71.3 cm³/mol. The zero-order valence-corrected chi connectivity index (χ0v) is 11.2. The van der Waals surface area contributed by atoms with Gasteiger partial charge in [0.25, 0.3) is 0 Å².